The van der Waals surface area contributed by atoms with Crippen molar-refractivity contribution >= 4 is 23.4 Å². The molecular formula is C20H18N6O4. The van der Waals surface area contributed by atoms with Crippen LogP contribution in [0.1, 0.15) is 22.7 Å². The molecule has 1 atom stereocenters. The molecule has 0 spiro atoms. The zero-order valence-corrected chi connectivity index (χ0v) is 15.8. The topological polar surface area (TPSA) is 139 Å². The van der Waals surface area contributed by atoms with E-state index < -0.39 is 17.9 Å². The van der Waals surface area contributed by atoms with Crippen LogP contribution in [0.3, 0.4) is 0 Å². The number of hydrogen-bond donors (Lipinski definition) is 3. The number of nitrogens with zero attached hydrogens (tertiary/aromatic N) is 3. The summed E-state index contributed by atoms with van der Waals surface area (Å²) in [5, 5.41) is 11.8. The van der Waals surface area contributed by atoms with Crippen LogP contribution in [-0.2, 0) is 16.0 Å². The maximum Gasteiger partial charge on any atom is 0.254 e. The Hall–Kier alpha value is -4.08. The Balaban J connectivity index is 1.29. The van der Waals surface area contributed by atoms with E-state index in [-0.39, 0.29) is 18.9 Å². The van der Waals surface area contributed by atoms with Gasteiger partial charge in [-0.1, -0.05) is 17.3 Å². The molecule has 0 aliphatic carbocycles. The first kappa shape index (κ1) is 19.2. The fraction of sp³-hybridized carbons (Fsp3) is 0.200. The van der Waals surface area contributed by atoms with E-state index in [4.69, 9.17) is 4.52 Å². The fourth-order valence-electron chi connectivity index (χ4n) is 2.99. The molecule has 3 N–H and O–H groups in total. The van der Waals surface area contributed by atoms with Crippen LogP contribution in [0.25, 0.3) is 11.4 Å². The van der Waals surface area contributed by atoms with Crippen LogP contribution in [0.2, 0.25) is 0 Å². The minimum atomic E-state index is -0.967. The van der Waals surface area contributed by atoms with Crippen molar-refractivity contribution in [2.45, 2.75) is 18.9 Å². The third-order valence-corrected chi connectivity index (χ3v) is 4.49. The molecule has 0 unspecified atom stereocenters. The van der Waals surface area contributed by atoms with Gasteiger partial charge in [0.2, 0.25) is 23.5 Å². The molecule has 3 heterocycles. The highest BCUT2D eigenvalue weighted by atomic mass is 16.5. The predicted octanol–water partition coefficient (Wildman–Crippen LogP) is 0.931. The summed E-state index contributed by atoms with van der Waals surface area (Å²) in [6.45, 7) is 0.246. The average molecular weight is 406 g/mol. The smallest absolute Gasteiger partial charge is 0.254 e. The quantitative estimate of drug-likeness (QED) is 0.553. The number of nitrogens with one attached hydrogen (secondary N) is 3. The van der Waals surface area contributed by atoms with Gasteiger partial charge in [-0.2, -0.15) is 4.98 Å². The van der Waals surface area contributed by atoms with Crippen molar-refractivity contribution in [1.29, 1.82) is 0 Å². The molecule has 152 valence electrons. The molecule has 4 rings (SSSR count). The predicted molar refractivity (Wildman–Crippen MR) is 105 cm³/mol. The number of para-hydroxylation sites is 1. The first-order chi connectivity index (χ1) is 14.6. The normalized spacial score (nSPS) is 15.5. The SMILES string of the molecule is O=C(C[C@@H]1NC(=O)c2ccccc2NC1=O)NCCc1nc(-c2cccnc2)no1. The molecular weight excluding hydrogens is 388 g/mol. The number of aromatic nitrogens is 3. The Morgan fingerprint density at radius 2 is 2.03 bits per heavy atom. The maximum atomic E-state index is 12.3. The second-order valence-corrected chi connectivity index (χ2v) is 6.62. The lowest BCUT2D eigenvalue weighted by Gasteiger charge is -2.14. The maximum absolute atomic E-state index is 12.3. The summed E-state index contributed by atoms with van der Waals surface area (Å²) in [5.41, 5.74) is 1.51. The molecule has 1 aliphatic rings. The Morgan fingerprint density at radius 1 is 1.17 bits per heavy atom. The van der Waals surface area contributed by atoms with Crippen LogP contribution in [0.15, 0.2) is 53.3 Å². The first-order valence-corrected chi connectivity index (χ1v) is 9.30. The number of carbonyl (C=O) groups excluding carboxylic acids is 3. The van der Waals surface area contributed by atoms with Crippen LogP contribution in [0.4, 0.5) is 5.69 Å². The number of hydrogen-bond acceptors (Lipinski definition) is 7. The van der Waals surface area contributed by atoms with Crippen molar-refractivity contribution in [3.63, 3.8) is 0 Å². The Kier molecular flexibility index (Phi) is 5.46. The molecule has 10 nitrogen and oxygen atoms in total. The summed E-state index contributed by atoms with van der Waals surface area (Å²) in [6, 6.07) is 9.29. The molecule has 1 aliphatic heterocycles. The van der Waals surface area contributed by atoms with Crippen LogP contribution in [0.5, 0.6) is 0 Å². The lowest BCUT2D eigenvalue weighted by atomic mass is 10.1. The summed E-state index contributed by atoms with van der Waals surface area (Å²) in [4.78, 5) is 45.2. The van der Waals surface area contributed by atoms with Gasteiger partial charge in [-0.3, -0.25) is 19.4 Å². The van der Waals surface area contributed by atoms with Crippen molar-refractivity contribution in [2.24, 2.45) is 0 Å². The zero-order valence-electron chi connectivity index (χ0n) is 15.8. The molecule has 0 fully saturated rings. The van der Waals surface area contributed by atoms with Crippen LogP contribution >= 0.6 is 0 Å². The molecule has 0 saturated carbocycles. The van der Waals surface area contributed by atoms with Crippen LogP contribution < -0.4 is 16.0 Å². The van der Waals surface area contributed by atoms with Gasteiger partial charge in [-0.05, 0) is 24.3 Å². The highest BCUT2D eigenvalue weighted by molar-refractivity contribution is 6.10. The molecule has 2 aromatic heterocycles. The average Bonchev–Trinajstić information content (AvgIpc) is 3.19. The Morgan fingerprint density at radius 3 is 2.87 bits per heavy atom. The highest BCUT2D eigenvalue weighted by Crippen LogP contribution is 2.19. The standard InChI is InChI=1S/C20H18N6O4/c27-16(10-15-20(29)23-14-6-2-1-5-13(14)19(28)24-15)22-9-7-17-25-18(26-30-17)12-4-3-8-21-11-12/h1-6,8,11,15H,7,9-10H2,(H,22,27)(H,23,29)(H,24,28)/t15-/m0/s1. The van der Waals surface area contributed by atoms with E-state index >= 15 is 0 Å². The third kappa shape index (κ3) is 4.32. The molecule has 3 aromatic rings. The van der Waals surface area contributed by atoms with Crippen LogP contribution in [-0.4, -0.2) is 45.4 Å². The van der Waals surface area contributed by atoms with Gasteiger partial charge in [0, 0.05) is 30.9 Å². The molecule has 0 saturated heterocycles. The minimum Gasteiger partial charge on any atom is -0.356 e. The van der Waals surface area contributed by atoms with Gasteiger partial charge >= 0.3 is 0 Å². The zero-order chi connectivity index (χ0) is 20.9. The number of rotatable bonds is 6. The molecule has 10 heteroatoms. The van der Waals surface area contributed by atoms with E-state index in [0.29, 0.717) is 29.4 Å². The van der Waals surface area contributed by atoms with Crippen molar-refractivity contribution in [3.8, 4) is 11.4 Å². The molecule has 1 aromatic carbocycles. The molecule has 30 heavy (non-hydrogen) atoms. The summed E-state index contributed by atoms with van der Waals surface area (Å²) in [7, 11) is 0. The number of fused-ring (bicyclic) bond motifs is 1. The minimum absolute atomic E-state index is 0.184. The first-order valence-electron chi connectivity index (χ1n) is 9.30. The fourth-order valence-corrected chi connectivity index (χ4v) is 2.99. The van der Waals surface area contributed by atoms with Crippen molar-refractivity contribution in [3.05, 3.63) is 60.2 Å². The van der Waals surface area contributed by atoms with Crippen molar-refractivity contribution in [1.82, 2.24) is 25.8 Å². The van der Waals surface area contributed by atoms with E-state index in [1.807, 2.05) is 6.07 Å². The van der Waals surface area contributed by atoms with Gasteiger partial charge in [0.15, 0.2) is 0 Å². The van der Waals surface area contributed by atoms with Crippen LogP contribution in [0, 0.1) is 0 Å². The lowest BCUT2D eigenvalue weighted by Crippen LogP contribution is -2.44. The third-order valence-electron chi connectivity index (χ3n) is 4.49. The summed E-state index contributed by atoms with van der Waals surface area (Å²) >= 11 is 0. The van der Waals surface area contributed by atoms with Gasteiger partial charge in [0.25, 0.3) is 5.91 Å². The number of pyridine rings is 1. The van der Waals surface area contributed by atoms with E-state index in [1.54, 1.807) is 42.7 Å². The Bertz CT molecular complexity index is 1080. The van der Waals surface area contributed by atoms with E-state index in [1.165, 1.54) is 0 Å². The number of anilines is 1. The monoisotopic (exact) mass is 406 g/mol. The van der Waals surface area contributed by atoms with Gasteiger partial charge in [0.1, 0.15) is 6.04 Å². The number of amides is 3. The highest BCUT2D eigenvalue weighted by Gasteiger charge is 2.29. The molecule has 0 radical (unpaired) electrons. The van der Waals surface area contributed by atoms with E-state index in [0.717, 1.165) is 5.56 Å². The van der Waals surface area contributed by atoms with Gasteiger partial charge in [-0.25, -0.2) is 0 Å². The Labute approximate surface area is 171 Å². The van der Waals surface area contributed by atoms with E-state index in [9.17, 15) is 14.4 Å². The summed E-state index contributed by atoms with van der Waals surface area (Å²) in [6.07, 6.45) is 3.42. The molecule has 3 amide bonds. The summed E-state index contributed by atoms with van der Waals surface area (Å²) < 4.78 is 5.17. The lowest BCUT2D eigenvalue weighted by molar-refractivity contribution is -0.125. The van der Waals surface area contributed by atoms with E-state index in [2.05, 4.69) is 31.1 Å². The molecule has 0 bridgehead atoms. The second kappa shape index (κ2) is 8.52. The second-order valence-electron chi connectivity index (χ2n) is 6.62. The van der Waals surface area contributed by atoms with Gasteiger partial charge < -0.3 is 20.5 Å². The van der Waals surface area contributed by atoms with Gasteiger partial charge in [-0.15, -0.1) is 0 Å². The summed E-state index contributed by atoms with van der Waals surface area (Å²) in [5.74, 6) is -0.447. The van der Waals surface area contributed by atoms with Crippen molar-refractivity contribution < 1.29 is 18.9 Å². The largest absolute Gasteiger partial charge is 0.356 e. The number of benzene rings is 1. The number of carbonyl (C=O) groups is 3. The van der Waals surface area contributed by atoms with Gasteiger partial charge in [0.05, 0.1) is 17.7 Å². The van der Waals surface area contributed by atoms with Crippen molar-refractivity contribution in [2.75, 3.05) is 11.9 Å².